The highest BCUT2D eigenvalue weighted by atomic mass is 16.7. The lowest BCUT2D eigenvalue weighted by Crippen LogP contribution is -2.26. The third kappa shape index (κ3) is 4.31. The molecule has 0 aromatic heterocycles. The van der Waals surface area contributed by atoms with Gasteiger partial charge in [-0.2, -0.15) is 5.48 Å². The van der Waals surface area contributed by atoms with Crippen LogP contribution in [0.15, 0.2) is 30.3 Å². The third-order valence-electron chi connectivity index (χ3n) is 2.13. The Labute approximate surface area is 95.5 Å². The number of carbonyl (C=O) groups excluding carboxylic acids is 1. The molecule has 0 spiro atoms. The van der Waals surface area contributed by atoms with Crippen molar-refractivity contribution in [3.63, 3.8) is 0 Å². The van der Waals surface area contributed by atoms with Gasteiger partial charge in [0.2, 0.25) is 0 Å². The van der Waals surface area contributed by atoms with E-state index in [0.717, 1.165) is 0 Å². The molecular weight excluding hydrogens is 206 g/mol. The van der Waals surface area contributed by atoms with Gasteiger partial charge in [0.05, 0.1) is 13.2 Å². The van der Waals surface area contributed by atoms with Crippen molar-refractivity contribution in [1.29, 1.82) is 0 Å². The molecule has 0 heterocycles. The molecule has 0 radical (unpaired) electrons. The molecule has 1 rings (SSSR count). The topological polar surface area (TPSA) is 47.6 Å². The van der Waals surface area contributed by atoms with E-state index in [9.17, 15) is 4.79 Å². The van der Waals surface area contributed by atoms with E-state index in [1.54, 1.807) is 6.92 Å². The highest BCUT2D eigenvalue weighted by Crippen LogP contribution is 2.13. The molecule has 1 aromatic carbocycles. The van der Waals surface area contributed by atoms with Crippen molar-refractivity contribution in [2.45, 2.75) is 19.8 Å². The van der Waals surface area contributed by atoms with Crippen molar-refractivity contribution in [2.24, 2.45) is 0 Å². The fourth-order valence-corrected chi connectivity index (χ4v) is 1.26. The molecule has 0 aliphatic carbocycles. The van der Waals surface area contributed by atoms with Crippen LogP contribution in [0, 0.1) is 0 Å². The first-order valence-corrected chi connectivity index (χ1v) is 5.33. The number of amides is 1. The zero-order chi connectivity index (χ0) is 11.8. The van der Waals surface area contributed by atoms with E-state index in [4.69, 9.17) is 4.84 Å². The Hall–Kier alpha value is -1.55. The predicted octanol–water partition coefficient (Wildman–Crippen LogP) is 2.47. The van der Waals surface area contributed by atoms with Crippen molar-refractivity contribution < 1.29 is 14.4 Å². The Bertz CT molecular complexity index is 313. The molecule has 0 aliphatic rings. The van der Waals surface area contributed by atoms with E-state index in [2.05, 4.69) is 10.2 Å². The highest BCUT2D eigenvalue weighted by molar-refractivity contribution is 5.65. The van der Waals surface area contributed by atoms with Gasteiger partial charge in [0.1, 0.15) is 0 Å². The van der Waals surface area contributed by atoms with Crippen LogP contribution in [-0.2, 0) is 9.57 Å². The number of nitrogens with one attached hydrogen (secondary N) is 1. The van der Waals surface area contributed by atoms with Gasteiger partial charge in [-0.3, -0.25) is 4.84 Å². The van der Waals surface area contributed by atoms with Gasteiger partial charge in [0, 0.05) is 5.92 Å². The van der Waals surface area contributed by atoms with Gasteiger partial charge in [-0.05, 0) is 12.5 Å². The lowest BCUT2D eigenvalue weighted by molar-refractivity contribution is 0.0242. The van der Waals surface area contributed by atoms with Crippen LogP contribution in [0.2, 0.25) is 0 Å². The molecule has 1 amide bonds. The van der Waals surface area contributed by atoms with Crippen molar-refractivity contribution in [2.75, 3.05) is 13.2 Å². The summed E-state index contributed by atoms with van der Waals surface area (Å²) in [6.07, 6.45) is -0.553. The second-order valence-electron chi connectivity index (χ2n) is 3.45. The molecule has 4 nitrogen and oxygen atoms in total. The Balaban J connectivity index is 2.26. The number of hydroxylamine groups is 1. The average molecular weight is 223 g/mol. The molecule has 0 aliphatic heterocycles. The van der Waals surface area contributed by atoms with Gasteiger partial charge >= 0.3 is 6.09 Å². The molecule has 16 heavy (non-hydrogen) atoms. The van der Waals surface area contributed by atoms with Crippen LogP contribution in [0.4, 0.5) is 4.79 Å². The van der Waals surface area contributed by atoms with Crippen LogP contribution >= 0.6 is 0 Å². The second kappa shape index (κ2) is 6.85. The van der Waals surface area contributed by atoms with Crippen LogP contribution in [0.5, 0.6) is 0 Å². The predicted molar refractivity (Wildman–Crippen MR) is 61.0 cm³/mol. The van der Waals surface area contributed by atoms with Gasteiger partial charge in [-0.1, -0.05) is 37.3 Å². The molecule has 1 atom stereocenters. The Morgan fingerprint density at radius 3 is 2.69 bits per heavy atom. The van der Waals surface area contributed by atoms with Crippen molar-refractivity contribution in [1.82, 2.24) is 5.48 Å². The summed E-state index contributed by atoms with van der Waals surface area (Å²) in [5, 5.41) is 0. The normalized spacial score (nSPS) is 11.9. The minimum Gasteiger partial charge on any atom is -0.448 e. The number of carbonyl (C=O) groups is 1. The standard InChI is InChI=1S/C12H17NO3/c1-3-15-12(14)13-16-9-10(2)11-7-5-4-6-8-11/h4-8,10H,3,9H2,1-2H3,(H,13,14). The van der Waals surface area contributed by atoms with E-state index in [0.29, 0.717) is 13.2 Å². The molecule has 1 N–H and O–H groups in total. The maximum absolute atomic E-state index is 10.9. The number of benzene rings is 1. The third-order valence-corrected chi connectivity index (χ3v) is 2.13. The summed E-state index contributed by atoms with van der Waals surface area (Å²) in [5.41, 5.74) is 3.40. The minimum atomic E-state index is -0.553. The fraction of sp³-hybridized carbons (Fsp3) is 0.417. The first kappa shape index (κ1) is 12.5. The van der Waals surface area contributed by atoms with E-state index in [1.807, 2.05) is 37.3 Å². The number of hydrogen-bond donors (Lipinski definition) is 1. The zero-order valence-corrected chi connectivity index (χ0v) is 9.60. The molecule has 0 saturated carbocycles. The Morgan fingerprint density at radius 1 is 1.38 bits per heavy atom. The van der Waals surface area contributed by atoms with Crippen LogP contribution in [0.3, 0.4) is 0 Å². The fourth-order valence-electron chi connectivity index (χ4n) is 1.26. The van der Waals surface area contributed by atoms with Gasteiger partial charge in [-0.25, -0.2) is 4.79 Å². The van der Waals surface area contributed by atoms with Crippen LogP contribution in [0.1, 0.15) is 25.3 Å². The SMILES string of the molecule is CCOC(=O)NOCC(C)c1ccccc1. The van der Waals surface area contributed by atoms with E-state index < -0.39 is 6.09 Å². The molecule has 1 unspecified atom stereocenters. The van der Waals surface area contributed by atoms with E-state index in [1.165, 1.54) is 5.56 Å². The maximum atomic E-state index is 10.9. The molecule has 0 saturated heterocycles. The highest BCUT2D eigenvalue weighted by Gasteiger charge is 2.06. The molecular formula is C12H17NO3. The van der Waals surface area contributed by atoms with E-state index >= 15 is 0 Å². The summed E-state index contributed by atoms with van der Waals surface area (Å²) in [6, 6.07) is 9.97. The molecule has 1 aromatic rings. The Morgan fingerprint density at radius 2 is 2.06 bits per heavy atom. The largest absolute Gasteiger partial charge is 0.448 e. The second-order valence-corrected chi connectivity index (χ2v) is 3.45. The van der Waals surface area contributed by atoms with Gasteiger partial charge in [0.15, 0.2) is 0 Å². The smallest absolute Gasteiger partial charge is 0.431 e. The number of hydrogen-bond acceptors (Lipinski definition) is 3. The summed E-state index contributed by atoms with van der Waals surface area (Å²) in [5.74, 6) is 0.225. The maximum Gasteiger partial charge on any atom is 0.431 e. The van der Waals surface area contributed by atoms with E-state index in [-0.39, 0.29) is 5.92 Å². The lowest BCUT2D eigenvalue weighted by Gasteiger charge is -2.12. The number of ether oxygens (including phenoxy) is 1. The first-order chi connectivity index (χ1) is 7.74. The summed E-state index contributed by atoms with van der Waals surface area (Å²) in [4.78, 5) is 15.9. The quantitative estimate of drug-likeness (QED) is 0.780. The summed E-state index contributed by atoms with van der Waals surface area (Å²) in [7, 11) is 0. The minimum absolute atomic E-state index is 0.225. The van der Waals surface area contributed by atoms with Gasteiger partial charge in [-0.15, -0.1) is 0 Å². The molecule has 88 valence electrons. The summed E-state index contributed by atoms with van der Waals surface area (Å²) < 4.78 is 4.65. The van der Waals surface area contributed by atoms with Crippen LogP contribution in [0.25, 0.3) is 0 Å². The summed E-state index contributed by atoms with van der Waals surface area (Å²) >= 11 is 0. The molecule has 0 bridgehead atoms. The van der Waals surface area contributed by atoms with Gasteiger partial charge in [0.25, 0.3) is 0 Å². The summed E-state index contributed by atoms with van der Waals surface area (Å²) in [6.45, 7) is 4.53. The molecule has 0 fully saturated rings. The van der Waals surface area contributed by atoms with Crippen molar-refractivity contribution >= 4 is 6.09 Å². The van der Waals surface area contributed by atoms with Crippen LogP contribution in [-0.4, -0.2) is 19.3 Å². The first-order valence-electron chi connectivity index (χ1n) is 5.33. The van der Waals surface area contributed by atoms with Gasteiger partial charge < -0.3 is 4.74 Å². The van der Waals surface area contributed by atoms with Crippen LogP contribution < -0.4 is 5.48 Å². The Kier molecular flexibility index (Phi) is 5.36. The lowest BCUT2D eigenvalue weighted by atomic mass is 10.0. The van der Waals surface area contributed by atoms with Crippen molar-refractivity contribution in [3.05, 3.63) is 35.9 Å². The number of rotatable bonds is 5. The van der Waals surface area contributed by atoms with Crippen molar-refractivity contribution in [3.8, 4) is 0 Å². The molecule has 4 heteroatoms. The average Bonchev–Trinajstić information content (AvgIpc) is 2.30. The monoisotopic (exact) mass is 223 g/mol. The zero-order valence-electron chi connectivity index (χ0n) is 9.60.